The predicted molar refractivity (Wildman–Crippen MR) is 62.8 cm³/mol. The van der Waals surface area contributed by atoms with Gasteiger partial charge in [0.2, 0.25) is 0 Å². The zero-order valence-corrected chi connectivity index (χ0v) is 10.1. The molecule has 0 aromatic heterocycles. The van der Waals surface area contributed by atoms with Gasteiger partial charge in [-0.1, -0.05) is 15.9 Å². The maximum absolute atomic E-state index is 5.62. The Morgan fingerprint density at radius 2 is 2.27 bits per heavy atom. The fraction of sp³-hybridized carbons (Fsp3) is 0.364. The number of aliphatic imine (C=N–C) groups is 1. The SMILES string of the molecule is COCCOc1cc(Br)cc2c1C=NC2. The second-order valence-corrected chi connectivity index (χ2v) is 4.20. The van der Waals surface area contributed by atoms with Crippen LogP contribution < -0.4 is 4.74 Å². The summed E-state index contributed by atoms with van der Waals surface area (Å²) in [6, 6.07) is 4.04. The molecule has 0 bridgehead atoms. The number of nitrogens with zero attached hydrogens (tertiary/aromatic N) is 1. The summed E-state index contributed by atoms with van der Waals surface area (Å²) in [4.78, 5) is 4.22. The summed E-state index contributed by atoms with van der Waals surface area (Å²) in [6.07, 6.45) is 1.86. The Morgan fingerprint density at radius 1 is 1.40 bits per heavy atom. The van der Waals surface area contributed by atoms with Crippen molar-refractivity contribution < 1.29 is 9.47 Å². The predicted octanol–water partition coefficient (Wildman–Crippen LogP) is 2.41. The summed E-state index contributed by atoms with van der Waals surface area (Å²) in [5, 5.41) is 0. The van der Waals surface area contributed by atoms with Crippen LogP contribution in [0, 0.1) is 0 Å². The quantitative estimate of drug-likeness (QED) is 0.786. The van der Waals surface area contributed by atoms with Crippen LogP contribution in [-0.4, -0.2) is 26.5 Å². The molecule has 0 N–H and O–H groups in total. The van der Waals surface area contributed by atoms with E-state index in [-0.39, 0.29) is 0 Å². The fourth-order valence-corrected chi connectivity index (χ4v) is 2.00. The molecule has 0 radical (unpaired) electrons. The lowest BCUT2D eigenvalue weighted by atomic mass is 10.1. The molecule has 0 atom stereocenters. The third kappa shape index (κ3) is 2.38. The van der Waals surface area contributed by atoms with Crippen LogP contribution in [0.5, 0.6) is 5.75 Å². The Balaban J connectivity index is 2.18. The number of hydrogen-bond acceptors (Lipinski definition) is 3. The Hall–Kier alpha value is -0.870. The normalized spacial score (nSPS) is 12.9. The first kappa shape index (κ1) is 10.6. The van der Waals surface area contributed by atoms with E-state index in [0.29, 0.717) is 13.2 Å². The molecular weight excluding hydrogens is 258 g/mol. The summed E-state index contributed by atoms with van der Waals surface area (Å²) < 4.78 is 11.6. The van der Waals surface area contributed by atoms with E-state index < -0.39 is 0 Å². The summed E-state index contributed by atoms with van der Waals surface area (Å²) >= 11 is 3.46. The van der Waals surface area contributed by atoms with Gasteiger partial charge in [-0.05, 0) is 17.7 Å². The summed E-state index contributed by atoms with van der Waals surface area (Å²) in [7, 11) is 1.66. The zero-order valence-electron chi connectivity index (χ0n) is 8.50. The summed E-state index contributed by atoms with van der Waals surface area (Å²) in [5.74, 6) is 0.873. The second-order valence-electron chi connectivity index (χ2n) is 3.29. The van der Waals surface area contributed by atoms with Crippen molar-refractivity contribution in [2.75, 3.05) is 20.3 Å². The van der Waals surface area contributed by atoms with Crippen molar-refractivity contribution in [2.24, 2.45) is 4.99 Å². The lowest BCUT2D eigenvalue weighted by Gasteiger charge is -2.09. The van der Waals surface area contributed by atoms with Crippen molar-refractivity contribution in [2.45, 2.75) is 6.54 Å². The zero-order chi connectivity index (χ0) is 10.7. The van der Waals surface area contributed by atoms with Crippen molar-refractivity contribution >= 4 is 22.1 Å². The van der Waals surface area contributed by atoms with E-state index in [9.17, 15) is 0 Å². The molecule has 0 saturated carbocycles. The van der Waals surface area contributed by atoms with Gasteiger partial charge in [0, 0.05) is 23.4 Å². The summed E-state index contributed by atoms with van der Waals surface area (Å²) in [6.45, 7) is 1.90. The highest BCUT2D eigenvalue weighted by atomic mass is 79.9. The van der Waals surface area contributed by atoms with Crippen LogP contribution in [-0.2, 0) is 11.3 Å². The Morgan fingerprint density at radius 3 is 3.07 bits per heavy atom. The fourth-order valence-electron chi connectivity index (χ4n) is 1.51. The van der Waals surface area contributed by atoms with Crippen LogP contribution in [0.3, 0.4) is 0 Å². The van der Waals surface area contributed by atoms with Gasteiger partial charge in [-0.15, -0.1) is 0 Å². The van der Waals surface area contributed by atoms with Crippen LogP contribution >= 0.6 is 15.9 Å². The number of fused-ring (bicyclic) bond motifs is 1. The maximum atomic E-state index is 5.62. The van der Waals surface area contributed by atoms with Crippen LogP contribution in [0.4, 0.5) is 0 Å². The van der Waals surface area contributed by atoms with Gasteiger partial charge in [0.15, 0.2) is 0 Å². The third-order valence-electron chi connectivity index (χ3n) is 2.22. The van der Waals surface area contributed by atoms with Crippen molar-refractivity contribution in [3.63, 3.8) is 0 Å². The van der Waals surface area contributed by atoms with E-state index in [2.05, 4.69) is 27.0 Å². The van der Waals surface area contributed by atoms with Gasteiger partial charge in [-0.2, -0.15) is 0 Å². The number of rotatable bonds is 4. The first-order chi connectivity index (χ1) is 7.31. The average molecular weight is 270 g/mol. The molecule has 0 amide bonds. The van der Waals surface area contributed by atoms with Crippen molar-refractivity contribution in [1.82, 2.24) is 0 Å². The molecule has 0 spiro atoms. The number of methoxy groups -OCH3 is 1. The van der Waals surface area contributed by atoms with Crippen molar-refractivity contribution in [3.05, 3.63) is 27.7 Å². The lowest BCUT2D eigenvalue weighted by molar-refractivity contribution is 0.146. The van der Waals surface area contributed by atoms with E-state index in [1.807, 2.05) is 12.3 Å². The Labute approximate surface area is 97.2 Å². The average Bonchev–Trinajstić information content (AvgIpc) is 2.65. The molecule has 0 unspecified atom stereocenters. The van der Waals surface area contributed by atoms with E-state index in [0.717, 1.165) is 22.3 Å². The first-order valence-electron chi connectivity index (χ1n) is 4.75. The maximum Gasteiger partial charge on any atom is 0.129 e. The molecule has 80 valence electrons. The molecule has 4 heteroatoms. The van der Waals surface area contributed by atoms with Gasteiger partial charge in [-0.25, -0.2) is 0 Å². The molecule has 0 aliphatic carbocycles. The molecule has 15 heavy (non-hydrogen) atoms. The number of hydrogen-bond donors (Lipinski definition) is 0. The van der Waals surface area contributed by atoms with E-state index >= 15 is 0 Å². The highest BCUT2D eigenvalue weighted by Gasteiger charge is 2.13. The Bertz CT molecular complexity index is 390. The highest BCUT2D eigenvalue weighted by Crippen LogP contribution is 2.29. The van der Waals surface area contributed by atoms with Gasteiger partial charge in [-0.3, -0.25) is 4.99 Å². The lowest BCUT2D eigenvalue weighted by Crippen LogP contribution is -2.06. The minimum Gasteiger partial charge on any atom is -0.490 e. The number of benzene rings is 1. The van der Waals surface area contributed by atoms with Crippen molar-refractivity contribution in [3.8, 4) is 5.75 Å². The minimum absolute atomic E-state index is 0.563. The van der Waals surface area contributed by atoms with Gasteiger partial charge >= 0.3 is 0 Å². The van der Waals surface area contributed by atoms with Crippen molar-refractivity contribution in [1.29, 1.82) is 0 Å². The molecule has 0 saturated heterocycles. The molecule has 1 aromatic carbocycles. The molecule has 2 rings (SSSR count). The largest absolute Gasteiger partial charge is 0.490 e. The van der Waals surface area contributed by atoms with E-state index in [1.165, 1.54) is 5.56 Å². The smallest absolute Gasteiger partial charge is 0.129 e. The van der Waals surface area contributed by atoms with Crippen LogP contribution in [0.1, 0.15) is 11.1 Å². The van der Waals surface area contributed by atoms with Gasteiger partial charge in [0.25, 0.3) is 0 Å². The summed E-state index contributed by atoms with van der Waals surface area (Å²) in [5.41, 5.74) is 2.30. The standard InChI is InChI=1S/C11H12BrNO2/c1-14-2-3-15-11-5-9(12)4-8-6-13-7-10(8)11/h4-5,7H,2-3,6H2,1H3. The van der Waals surface area contributed by atoms with Gasteiger partial charge in [0.05, 0.1) is 13.2 Å². The second kappa shape index (κ2) is 4.77. The molecule has 1 aliphatic heterocycles. The van der Waals surface area contributed by atoms with E-state index in [1.54, 1.807) is 7.11 Å². The number of halogens is 1. The topological polar surface area (TPSA) is 30.8 Å². The molecular formula is C11H12BrNO2. The van der Waals surface area contributed by atoms with Crippen LogP contribution in [0.2, 0.25) is 0 Å². The first-order valence-corrected chi connectivity index (χ1v) is 5.54. The molecule has 1 aromatic rings. The molecule has 0 fully saturated rings. The van der Waals surface area contributed by atoms with Gasteiger partial charge in [0.1, 0.15) is 12.4 Å². The minimum atomic E-state index is 0.563. The molecule has 3 nitrogen and oxygen atoms in total. The highest BCUT2D eigenvalue weighted by molar-refractivity contribution is 9.10. The van der Waals surface area contributed by atoms with Crippen LogP contribution in [0.25, 0.3) is 0 Å². The van der Waals surface area contributed by atoms with E-state index in [4.69, 9.17) is 9.47 Å². The third-order valence-corrected chi connectivity index (χ3v) is 2.68. The molecule has 1 aliphatic rings. The molecule has 1 heterocycles. The van der Waals surface area contributed by atoms with Gasteiger partial charge < -0.3 is 9.47 Å². The van der Waals surface area contributed by atoms with Crippen LogP contribution in [0.15, 0.2) is 21.6 Å². The Kier molecular flexibility index (Phi) is 3.38. The monoisotopic (exact) mass is 269 g/mol. The number of ether oxygens (including phenoxy) is 2.